The van der Waals surface area contributed by atoms with Gasteiger partial charge in [-0.15, -0.1) is 0 Å². The van der Waals surface area contributed by atoms with Crippen LogP contribution in [0, 0.1) is 17.7 Å². The van der Waals surface area contributed by atoms with Crippen molar-refractivity contribution in [2.24, 2.45) is 11.8 Å². The number of rotatable bonds is 8. The molecule has 0 aliphatic heterocycles. The van der Waals surface area contributed by atoms with E-state index in [0.717, 1.165) is 31.5 Å². The Morgan fingerprint density at radius 3 is 2.21 bits per heavy atom. The van der Waals surface area contributed by atoms with Gasteiger partial charge >= 0.3 is 0 Å². The highest BCUT2D eigenvalue weighted by Crippen LogP contribution is 2.30. The Kier molecular flexibility index (Phi) is 7.07. The molecule has 0 saturated heterocycles. The minimum Gasteiger partial charge on any atom is -0.316 e. The lowest BCUT2D eigenvalue weighted by molar-refractivity contribution is 0.364. The van der Waals surface area contributed by atoms with E-state index in [4.69, 9.17) is 0 Å². The van der Waals surface area contributed by atoms with E-state index in [-0.39, 0.29) is 11.7 Å². The molecule has 0 radical (unpaired) electrons. The SMILES string of the molecule is CCC(CC)C(CNCC(C)C)c1ccccc1F. The summed E-state index contributed by atoms with van der Waals surface area (Å²) in [5.74, 6) is 1.38. The highest BCUT2D eigenvalue weighted by molar-refractivity contribution is 5.23. The van der Waals surface area contributed by atoms with Crippen LogP contribution in [0.25, 0.3) is 0 Å². The third-order valence-electron chi connectivity index (χ3n) is 3.84. The van der Waals surface area contributed by atoms with Crippen LogP contribution in [-0.2, 0) is 0 Å². The van der Waals surface area contributed by atoms with E-state index in [1.54, 1.807) is 12.1 Å². The number of nitrogens with one attached hydrogen (secondary N) is 1. The normalized spacial score (nSPS) is 13.2. The predicted octanol–water partition coefficient (Wildman–Crippen LogP) is 4.59. The lowest BCUT2D eigenvalue weighted by Crippen LogP contribution is -2.29. The van der Waals surface area contributed by atoms with Crippen molar-refractivity contribution < 1.29 is 4.39 Å². The zero-order valence-corrected chi connectivity index (χ0v) is 12.7. The Morgan fingerprint density at radius 1 is 1.05 bits per heavy atom. The van der Waals surface area contributed by atoms with Crippen LogP contribution in [0.15, 0.2) is 24.3 Å². The molecule has 0 aliphatic rings. The van der Waals surface area contributed by atoms with Gasteiger partial charge in [-0.3, -0.25) is 0 Å². The maximum absolute atomic E-state index is 14.0. The number of hydrogen-bond donors (Lipinski definition) is 1. The molecule has 0 amide bonds. The first-order valence-corrected chi connectivity index (χ1v) is 7.55. The molecule has 1 aromatic rings. The minimum absolute atomic E-state index is 0.0641. The molecule has 0 spiro atoms. The molecule has 1 atom stereocenters. The third-order valence-corrected chi connectivity index (χ3v) is 3.84. The van der Waals surface area contributed by atoms with Crippen LogP contribution in [0.1, 0.15) is 52.0 Å². The lowest BCUT2D eigenvalue weighted by Gasteiger charge is -2.27. The van der Waals surface area contributed by atoms with Crippen molar-refractivity contribution in [3.8, 4) is 0 Å². The molecule has 2 heteroatoms. The standard InChI is InChI=1S/C17H28FN/c1-5-14(6-2)16(12-19-11-13(3)4)15-9-7-8-10-17(15)18/h7-10,13-14,16,19H,5-6,11-12H2,1-4H3. The van der Waals surface area contributed by atoms with Gasteiger partial charge in [-0.2, -0.15) is 0 Å². The Morgan fingerprint density at radius 2 is 1.68 bits per heavy atom. The van der Waals surface area contributed by atoms with Gasteiger partial charge in [-0.05, 0) is 30.0 Å². The zero-order chi connectivity index (χ0) is 14.3. The number of benzene rings is 1. The molecule has 1 aromatic carbocycles. The molecular weight excluding hydrogens is 237 g/mol. The second kappa shape index (κ2) is 8.31. The van der Waals surface area contributed by atoms with E-state index in [0.29, 0.717) is 11.8 Å². The smallest absolute Gasteiger partial charge is 0.126 e. The summed E-state index contributed by atoms with van der Waals surface area (Å²) in [5, 5.41) is 3.49. The molecule has 19 heavy (non-hydrogen) atoms. The largest absolute Gasteiger partial charge is 0.316 e. The van der Waals surface area contributed by atoms with E-state index in [9.17, 15) is 4.39 Å². The number of hydrogen-bond acceptors (Lipinski definition) is 1. The first-order chi connectivity index (χ1) is 9.10. The second-order valence-corrected chi connectivity index (χ2v) is 5.76. The summed E-state index contributed by atoms with van der Waals surface area (Å²) in [6.07, 6.45) is 2.19. The van der Waals surface area contributed by atoms with Gasteiger partial charge in [-0.1, -0.05) is 58.7 Å². The quantitative estimate of drug-likeness (QED) is 0.725. The molecule has 0 fully saturated rings. The van der Waals surface area contributed by atoms with E-state index < -0.39 is 0 Å². The van der Waals surface area contributed by atoms with Crippen LogP contribution in [-0.4, -0.2) is 13.1 Å². The van der Waals surface area contributed by atoms with Crippen molar-refractivity contribution in [3.63, 3.8) is 0 Å². The first kappa shape index (κ1) is 16.2. The Hall–Kier alpha value is -0.890. The fourth-order valence-electron chi connectivity index (χ4n) is 2.69. The maximum Gasteiger partial charge on any atom is 0.126 e. The molecule has 1 N–H and O–H groups in total. The van der Waals surface area contributed by atoms with Gasteiger partial charge < -0.3 is 5.32 Å². The number of halogens is 1. The molecule has 0 bridgehead atoms. The van der Waals surface area contributed by atoms with Gasteiger partial charge in [0.15, 0.2) is 0 Å². The van der Waals surface area contributed by atoms with Gasteiger partial charge in [0.25, 0.3) is 0 Å². The summed E-state index contributed by atoms with van der Waals surface area (Å²) in [6.45, 7) is 10.6. The summed E-state index contributed by atoms with van der Waals surface area (Å²) < 4.78 is 14.0. The molecule has 1 rings (SSSR count). The summed E-state index contributed by atoms with van der Waals surface area (Å²) in [7, 11) is 0. The van der Waals surface area contributed by atoms with Crippen LogP contribution in [0.4, 0.5) is 4.39 Å². The van der Waals surface area contributed by atoms with E-state index in [2.05, 4.69) is 33.0 Å². The van der Waals surface area contributed by atoms with Gasteiger partial charge in [0.2, 0.25) is 0 Å². The zero-order valence-electron chi connectivity index (χ0n) is 12.7. The molecule has 0 aromatic heterocycles. The molecule has 0 aliphatic carbocycles. The van der Waals surface area contributed by atoms with E-state index in [1.807, 2.05) is 12.1 Å². The van der Waals surface area contributed by atoms with E-state index in [1.165, 1.54) is 0 Å². The fraction of sp³-hybridized carbons (Fsp3) is 0.647. The third kappa shape index (κ3) is 4.94. The van der Waals surface area contributed by atoms with Gasteiger partial charge in [-0.25, -0.2) is 4.39 Å². The summed E-state index contributed by atoms with van der Waals surface area (Å²) in [6, 6.07) is 7.23. The first-order valence-electron chi connectivity index (χ1n) is 7.55. The Balaban J connectivity index is 2.83. The van der Waals surface area contributed by atoms with Crippen LogP contribution >= 0.6 is 0 Å². The van der Waals surface area contributed by atoms with Crippen LogP contribution in [0.5, 0.6) is 0 Å². The summed E-state index contributed by atoms with van der Waals surface area (Å²) in [4.78, 5) is 0. The summed E-state index contributed by atoms with van der Waals surface area (Å²) in [5.41, 5.74) is 0.868. The Labute approximate surface area is 117 Å². The molecule has 1 nitrogen and oxygen atoms in total. The van der Waals surface area contributed by atoms with Crippen molar-refractivity contribution in [3.05, 3.63) is 35.6 Å². The van der Waals surface area contributed by atoms with Gasteiger partial charge in [0.05, 0.1) is 0 Å². The lowest BCUT2D eigenvalue weighted by atomic mass is 9.82. The highest BCUT2D eigenvalue weighted by Gasteiger charge is 2.22. The van der Waals surface area contributed by atoms with E-state index >= 15 is 0 Å². The maximum atomic E-state index is 14.0. The minimum atomic E-state index is -0.0641. The van der Waals surface area contributed by atoms with Crippen molar-refractivity contribution in [2.45, 2.75) is 46.5 Å². The Bertz CT molecular complexity index is 358. The highest BCUT2D eigenvalue weighted by atomic mass is 19.1. The topological polar surface area (TPSA) is 12.0 Å². The fourth-order valence-corrected chi connectivity index (χ4v) is 2.69. The second-order valence-electron chi connectivity index (χ2n) is 5.76. The van der Waals surface area contributed by atoms with Crippen LogP contribution in [0.2, 0.25) is 0 Å². The molecular formula is C17H28FN. The van der Waals surface area contributed by atoms with Crippen molar-refractivity contribution in [1.82, 2.24) is 5.32 Å². The summed E-state index contributed by atoms with van der Waals surface area (Å²) >= 11 is 0. The average Bonchev–Trinajstić information content (AvgIpc) is 2.39. The van der Waals surface area contributed by atoms with Gasteiger partial charge in [0, 0.05) is 12.5 Å². The molecule has 108 valence electrons. The monoisotopic (exact) mass is 265 g/mol. The van der Waals surface area contributed by atoms with Gasteiger partial charge in [0.1, 0.15) is 5.82 Å². The average molecular weight is 265 g/mol. The van der Waals surface area contributed by atoms with Crippen molar-refractivity contribution in [2.75, 3.05) is 13.1 Å². The van der Waals surface area contributed by atoms with Crippen LogP contribution in [0.3, 0.4) is 0 Å². The molecule has 0 saturated carbocycles. The molecule has 1 unspecified atom stereocenters. The molecule has 0 heterocycles. The van der Waals surface area contributed by atoms with Crippen molar-refractivity contribution >= 4 is 0 Å². The van der Waals surface area contributed by atoms with Crippen molar-refractivity contribution in [1.29, 1.82) is 0 Å². The predicted molar refractivity (Wildman–Crippen MR) is 80.9 cm³/mol. The van der Waals surface area contributed by atoms with Crippen LogP contribution < -0.4 is 5.32 Å².